The van der Waals surface area contributed by atoms with Gasteiger partial charge in [-0.05, 0) is 23.8 Å². The first kappa shape index (κ1) is 18.6. The average Bonchev–Trinajstić information content (AvgIpc) is 2.64. The van der Waals surface area contributed by atoms with Gasteiger partial charge in [-0.25, -0.2) is 0 Å². The van der Waals surface area contributed by atoms with Crippen molar-refractivity contribution < 1.29 is 0 Å². The maximum Gasteiger partial charge on any atom is 0.0587 e. The number of hydrogen-bond acceptors (Lipinski definition) is 2. The Morgan fingerprint density at radius 3 is 1.69 bits per heavy atom. The Bertz CT molecular complexity index is 90.8. The predicted octanol–water partition coefficient (Wildman–Crippen LogP) is 4.34. The van der Waals surface area contributed by atoms with Crippen molar-refractivity contribution in [2.24, 2.45) is 5.92 Å². The molecule has 0 spiro atoms. The SMILES string of the molecule is CC.CC.CC#N.CC1CCSC1. The van der Waals surface area contributed by atoms with Gasteiger partial charge in [0, 0.05) is 6.92 Å². The van der Waals surface area contributed by atoms with Gasteiger partial charge in [-0.15, -0.1) is 0 Å². The molecular formula is C11H25NS. The van der Waals surface area contributed by atoms with Crippen molar-refractivity contribution in [3.63, 3.8) is 0 Å². The van der Waals surface area contributed by atoms with Gasteiger partial charge in [0.05, 0.1) is 6.07 Å². The zero-order valence-corrected chi connectivity index (χ0v) is 10.9. The Labute approximate surface area is 88.9 Å². The summed E-state index contributed by atoms with van der Waals surface area (Å²) < 4.78 is 0. The first-order valence-electron chi connectivity index (χ1n) is 5.19. The summed E-state index contributed by atoms with van der Waals surface area (Å²) in [6.07, 6.45) is 1.45. The van der Waals surface area contributed by atoms with E-state index in [0.717, 1.165) is 5.92 Å². The first-order valence-corrected chi connectivity index (χ1v) is 6.35. The molecule has 0 aromatic rings. The van der Waals surface area contributed by atoms with Crippen LogP contribution in [0.3, 0.4) is 0 Å². The molecule has 1 nitrogen and oxygen atoms in total. The zero-order chi connectivity index (χ0) is 11.1. The Balaban J connectivity index is -0.000000124. The Morgan fingerprint density at radius 1 is 1.23 bits per heavy atom. The van der Waals surface area contributed by atoms with Crippen molar-refractivity contribution in [2.75, 3.05) is 11.5 Å². The van der Waals surface area contributed by atoms with Gasteiger partial charge in [-0.1, -0.05) is 34.6 Å². The smallest absolute Gasteiger partial charge is 0.0587 e. The molecule has 2 heteroatoms. The van der Waals surface area contributed by atoms with E-state index in [-0.39, 0.29) is 0 Å². The van der Waals surface area contributed by atoms with Crippen LogP contribution in [0.2, 0.25) is 0 Å². The van der Waals surface area contributed by atoms with E-state index in [0.29, 0.717) is 0 Å². The summed E-state index contributed by atoms with van der Waals surface area (Å²) >= 11 is 2.08. The van der Waals surface area contributed by atoms with Gasteiger partial charge >= 0.3 is 0 Å². The summed E-state index contributed by atoms with van der Waals surface area (Å²) in [5.74, 6) is 3.82. The number of rotatable bonds is 0. The van der Waals surface area contributed by atoms with Gasteiger partial charge in [-0.2, -0.15) is 17.0 Å². The summed E-state index contributed by atoms with van der Waals surface area (Å²) in [4.78, 5) is 0. The fourth-order valence-corrected chi connectivity index (χ4v) is 1.96. The fourth-order valence-electron chi connectivity index (χ4n) is 0.652. The van der Waals surface area contributed by atoms with E-state index in [1.807, 2.05) is 27.7 Å². The van der Waals surface area contributed by atoms with Crippen molar-refractivity contribution in [3.05, 3.63) is 0 Å². The Morgan fingerprint density at radius 2 is 1.62 bits per heavy atom. The number of nitriles is 1. The molecule has 0 aliphatic carbocycles. The summed E-state index contributed by atoms with van der Waals surface area (Å²) in [6.45, 7) is 11.8. The van der Waals surface area contributed by atoms with Crippen molar-refractivity contribution in [3.8, 4) is 6.07 Å². The molecule has 1 saturated heterocycles. The number of thioether (sulfide) groups is 1. The molecule has 1 heterocycles. The highest BCUT2D eigenvalue weighted by molar-refractivity contribution is 7.99. The van der Waals surface area contributed by atoms with E-state index in [4.69, 9.17) is 5.26 Å². The van der Waals surface area contributed by atoms with E-state index < -0.39 is 0 Å². The molecule has 0 bridgehead atoms. The number of hydrogen-bond donors (Lipinski definition) is 0. The van der Waals surface area contributed by atoms with Crippen LogP contribution in [0, 0.1) is 17.2 Å². The molecule has 1 rings (SSSR count). The third-order valence-corrected chi connectivity index (χ3v) is 2.49. The molecule has 13 heavy (non-hydrogen) atoms. The topological polar surface area (TPSA) is 23.8 Å². The van der Waals surface area contributed by atoms with Crippen LogP contribution in [-0.4, -0.2) is 11.5 Å². The molecule has 0 aromatic heterocycles. The van der Waals surface area contributed by atoms with Crippen LogP contribution in [0.15, 0.2) is 0 Å². The summed E-state index contributed by atoms with van der Waals surface area (Å²) in [7, 11) is 0. The summed E-state index contributed by atoms with van der Waals surface area (Å²) in [5, 5.41) is 7.32. The maximum atomic E-state index is 7.32. The minimum absolute atomic E-state index is 1.01. The molecule has 0 radical (unpaired) electrons. The van der Waals surface area contributed by atoms with Gasteiger partial charge < -0.3 is 0 Å². The molecule has 0 aromatic carbocycles. The maximum absolute atomic E-state index is 7.32. The first-order chi connectivity index (χ1) is 6.31. The lowest BCUT2D eigenvalue weighted by Crippen LogP contribution is -1.85. The predicted molar refractivity (Wildman–Crippen MR) is 65.1 cm³/mol. The van der Waals surface area contributed by atoms with Crippen LogP contribution < -0.4 is 0 Å². The zero-order valence-electron chi connectivity index (χ0n) is 10.1. The Hall–Kier alpha value is -0.160. The van der Waals surface area contributed by atoms with Crippen LogP contribution in [0.4, 0.5) is 0 Å². The van der Waals surface area contributed by atoms with E-state index >= 15 is 0 Å². The van der Waals surface area contributed by atoms with E-state index in [9.17, 15) is 0 Å². The highest BCUT2D eigenvalue weighted by Crippen LogP contribution is 2.21. The average molecular weight is 203 g/mol. The molecule has 80 valence electrons. The quantitative estimate of drug-likeness (QED) is 0.584. The third kappa shape index (κ3) is 24.5. The molecule has 0 saturated carbocycles. The van der Waals surface area contributed by atoms with E-state index in [1.165, 1.54) is 24.9 Å². The Kier molecular flexibility index (Phi) is 32.4. The minimum atomic E-state index is 1.01. The van der Waals surface area contributed by atoms with Crippen molar-refractivity contribution in [1.82, 2.24) is 0 Å². The monoisotopic (exact) mass is 203 g/mol. The normalized spacial score (nSPS) is 17.5. The molecule has 1 fully saturated rings. The molecule has 1 aliphatic rings. The minimum Gasteiger partial charge on any atom is -0.199 e. The van der Waals surface area contributed by atoms with Gasteiger partial charge in [0.1, 0.15) is 0 Å². The lowest BCUT2D eigenvalue weighted by Gasteiger charge is -1.90. The summed E-state index contributed by atoms with van der Waals surface area (Å²) in [5.41, 5.74) is 0. The van der Waals surface area contributed by atoms with Crippen LogP contribution in [0.5, 0.6) is 0 Å². The van der Waals surface area contributed by atoms with Crippen LogP contribution in [0.25, 0.3) is 0 Å². The van der Waals surface area contributed by atoms with Gasteiger partial charge in [0.15, 0.2) is 0 Å². The lowest BCUT2D eigenvalue weighted by atomic mass is 10.2. The largest absolute Gasteiger partial charge is 0.199 e. The van der Waals surface area contributed by atoms with Crippen molar-refractivity contribution in [2.45, 2.75) is 48.0 Å². The van der Waals surface area contributed by atoms with Gasteiger partial charge in [0.25, 0.3) is 0 Å². The fraction of sp³-hybridized carbons (Fsp3) is 0.909. The molecule has 1 aliphatic heterocycles. The van der Waals surface area contributed by atoms with Crippen LogP contribution in [-0.2, 0) is 0 Å². The molecular weight excluding hydrogens is 178 g/mol. The van der Waals surface area contributed by atoms with E-state index in [1.54, 1.807) is 6.07 Å². The highest BCUT2D eigenvalue weighted by Gasteiger charge is 2.07. The second kappa shape index (κ2) is 22.6. The summed E-state index contributed by atoms with van der Waals surface area (Å²) in [6, 6.07) is 1.75. The van der Waals surface area contributed by atoms with Crippen LogP contribution >= 0.6 is 11.8 Å². The standard InChI is InChI=1S/C5H10S.C2H3N.2C2H6/c1-5-2-3-6-4-5;1-2-3;2*1-2/h5H,2-4H2,1H3;1H3;2*1-2H3. The van der Waals surface area contributed by atoms with E-state index in [2.05, 4.69) is 18.7 Å². The van der Waals surface area contributed by atoms with Gasteiger partial charge in [-0.3, -0.25) is 0 Å². The second-order valence-corrected chi connectivity index (χ2v) is 3.34. The second-order valence-electron chi connectivity index (χ2n) is 2.19. The van der Waals surface area contributed by atoms with Crippen molar-refractivity contribution >= 4 is 11.8 Å². The lowest BCUT2D eigenvalue weighted by molar-refractivity contribution is 0.669. The van der Waals surface area contributed by atoms with Crippen LogP contribution in [0.1, 0.15) is 48.0 Å². The molecule has 0 amide bonds. The molecule has 1 atom stereocenters. The molecule has 1 unspecified atom stereocenters. The number of nitrogens with zero attached hydrogens (tertiary/aromatic N) is 1. The van der Waals surface area contributed by atoms with Crippen molar-refractivity contribution in [1.29, 1.82) is 5.26 Å². The van der Waals surface area contributed by atoms with Gasteiger partial charge in [0.2, 0.25) is 0 Å². The third-order valence-electron chi connectivity index (χ3n) is 1.16. The molecule has 0 N–H and O–H groups in total. The highest BCUT2D eigenvalue weighted by atomic mass is 32.2.